The third-order valence-electron chi connectivity index (χ3n) is 2.58. The van der Waals surface area contributed by atoms with Gasteiger partial charge in [0.25, 0.3) is 5.91 Å². The van der Waals surface area contributed by atoms with E-state index in [4.69, 9.17) is 9.47 Å². The average molecular weight is 242 g/mol. The van der Waals surface area contributed by atoms with Crippen molar-refractivity contribution in [1.82, 2.24) is 15.2 Å². The smallest absolute Gasteiger partial charge is 0.337 e. The van der Waals surface area contributed by atoms with Crippen LogP contribution >= 0.6 is 0 Å². The Morgan fingerprint density at radius 1 is 1.53 bits per heavy atom. The van der Waals surface area contributed by atoms with E-state index >= 15 is 0 Å². The molecule has 0 saturated carbocycles. The van der Waals surface area contributed by atoms with Crippen LogP contribution in [0, 0.1) is 0 Å². The lowest BCUT2D eigenvalue weighted by molar-refractivity contribution is -0.136. The van der Waals surface area contributed by atoms with Gasteiger partial charge in [0, 0.05) is 7.11 Å². The van der Waals surface area contributed by atoms with Gasteiger partial charge in [-0.15, -0.1) is 5.10 Å². The van der Waals surface area contributed by atoms with Gasteiger partial charge < -0.3 is 9.47 Å². The van der Waals surface area contributed by atoms with Gasteiger partial charge in [-0.2, -0.15) is 4.98 Å². The second-order valence-corrected chi connectivity index (χ2v) is 3.64. The first-order valence-corrected chi connectivity index (χ1v) is 5.47. The van der Waals surface area contributed by atoms with E-state index < -0.39 is 5.60 Å². The maximum atomic E-state index is 11.9. The van der Waals surface area contributed by atoms with Crippen LogP contribution in [0.3, 0.4) is 0 Å². The zero-order valence-corrected chi connectivity index (χ0v) is 10.5. The Kier molecular flexibility index (Phi) is 4.45. The minimum Gasteiger partial charge on any atom is -0.463 e. The number of carbonyl (C=O) groups excluding carboxylic acids is 1. The summed E-state index contributed by atoms with van der Waals surface area (Å²) in [7, 11) is 1.50. The highest BCUT2D eigenvalue weighted by Crippen LogP contribution is 2.16. The van der Waals surface area contributed by atoms with Crippen molar-refractivity contribution in [3.8, 4) is 6.01 Å². The molecule has 7 heteroatoms. The van der Waals surface area contributed by atoms with Gasteiger partial charge >= 0.3 is 6.01 Å². The van der Waals surface area contributed by atoms with E-state index in [9.17, 15) is 4.79 Å². The number of amides is 1. The van der Waals surface area contributed by atoms with Crippen molar-refractivity contribution in [3.63, 3.8) is 0 Å². The topological polar surface area (TPSA) is 89.1 Å². The highest BCUT2D eigenvalue weighted by atomic mass is 16.5. The predicted molar refractivity (Wildman–Crippen MR) is 61.9 cm³/mol. The van der Waals surface area contributed by atoms with E-state index in [1.807, 2.05) is 13.8 Å². The van der Waals surface area contributed by atoms with E-state index in [1.54, 1.807) is 6.92 Å². The first-order valence-electron chi connectivity index (χ1n) is 5.47. The van der Waals surface area contributed by atoms with Gasteiger partial charge in [0.05, 0.1) is 6.61 Å². The Balaban J connectivity index is 2.67. The Morgan fingerprint density at radius 3 is 2.76 bits per heavy atom. The van der Waals surface area contributed by atoms with Crippen LogP contribution in [-0.4, -0.2) is 40.4 Å². The maximum absolute atomic E-state index is 11.9. The van der Waals surface area contributed by atoms with Crippen molar-refractivity contribution in [2.24, 2.45) is 0 Å². The Hall–Kier alpha value is -1.63. The number of methoxy groups -OCH3 is 1. The van der Waals surface area contributed by atoms with E-state index in [0.717, 1.165) is 0 Å². The lowest BCUT2D eigenvalue weighted by Gasteiger charge is -2.24. The summed E-state index contributed by atoms with van der Waals surface area (Å²) in [5, 5.41) is 8.94. The Labute approximate surface area is 99.9 Å². The number of nitrogens with one attached hydrogen (secondary N) is 2. The molecule has 0 radical (unpaired) electrons. The maximum Gasteiger partial charge on any atom is 0.337 e. The second kappa shape index (κ2) is 5.62. The van der Waals surface area contributed by atoms with Gasteiger partial charge in [-0.05, 0) is 20.3 Å². The summed E-state index contributed by atoms with van der Waals surface area (Å²) in [6, 6.07) is 0.207. The molecule has 1 aromatic rings. The van der Waals surface area contributed by atoms with Crippen LogP contribution < -0.4 is 10.1 Å². The zero-order chi connectivity index (χ0) is 12.9. The molecule has 0 spiro atoms. The molecule has 2 N–H and O–H groups in total. The van der Waals surface area contributed by atoms with Gasteiger partial charge in [0.1, 0.15) is 5.60 Å². The van der Waals surface area contributed by atoms with Crippen LogP contribution in [0.5, 0.6) is 6.01 Å². The van der Waals surface area contributed by atoms with Crippen molar-refractivity contribution < 1.29 is 14.3 Å². The number of rotatable bonds is 6. The molecule has 1 atom stereocenters. The zero-order valence-electron chi connectivity index (χ0n) is 10.5. The van der Waals surface area contributed by atoms with Gasteiger partial charge in [-0.3, -0.25) is 10.1 Å². The summed E-state index contributed by atoms with van der Waals surface area (Å²) in [4.78, 5) is 15.8. The van der Waals surface area contributed by atoms with Crippen molar-refractivity contribution in [2.75, 3.05) is 19.0 Å². The molecule has 0 aliphatic heterocycles. The molecule has 0 aliphatic carbocycles. The minimum atomic E-state index is -0.876. The third kappa shape index (κ3) is 3.16. The molecule has 96 valence electrons. The Morgan fingerprint density at radius 2 is 2.24 bits per heavy atom. The monoisotopic (exact) mass is 242 g/mol. The summed E-state index contributed by atoms with van der Waals surface area (Å²) in [5.41, 5.74) is -0.876. The largest absolute Gasteiger partial charge is 0.463 e. The van der Waals surface area contributed by atoms with Crippen LogP contribution in [0.2, 0.25) is 0 Å². The van der Waals surface area contributed by atoms with E-state index in [0.29, 0.717) is 13.0 Å². The first-order chi connectivity index (χ1) is 8.05. The number of hydrogen-bond donors (Lipinski definition) is 2. The van der Waals surface area contributed by atoms with Gasteiger partial charge in [-0.25, -0.2) is 5.10 Å². The van der Waals surface area contributed by atoms with Crippen molar-refractivity contribution >= 4 is 11.9 Å². The lowest BCUT2D eigenvalue weighted by atomic mass is 10.0. The molecular formula is C10H18N4O3. The molecule has 1 amide bonds. The van der Waals surface area contributed by atoms with Gasteiger partial charge in [-0.1, -0.05) is 6.92 Å². The molecule has 17 heavy (non-hydrogen) atoms. The number of ether oxygens (including phenoxy) is 2. The number of aromatic nitrogens is 3. The van der Waals surface area contributed by atoms with Crippen LogP contribution in [0.25, 0.3) is 0 Å². The molecule has 0 fully saturated rings. The summed E-state index contributed by atoms with van der Waals surface area (Å²) in [5.74, 6) is -0.0307. The lowest BCUT2D eigenvalue weighted by Crippen LogP contribution is -2.41. The fourth-order valence-electron chi connectivity index (χ4n) is 1.13. The van der Waals surface area contributed by atoms with E-state index in [-0.39, 0.29) is 17.9 Å². The van der Waals surface area contributed by atoms with Crippen LogP contribution in [0.1, 0.15) is 27.2 Å². The standard InChI is InChI=1S/C10H18N4O3/c1-5-10(3,16-4)7(15)11-8-12-9(14-13-8)17-6-2/h5-6H2,1-4H3,(H2,11,12,13,14,15). The van der Waals surface area contributed by atoms with E-state index in [1.165, 1.54) is 7.11 Å². The molecule has 0 aromatic carbocycles. The van der Waals surface area contributed by atoms with Gasteiger partial charge in [0.15, 0.2) is 0 Å². The highest BCUT2D eigenvalue weighted by Gasteiger charge is 2.31. The predicted octanol–water partition coefficient (Wildman–Crippen LogP) is 0.957. The molecule has 0 saturated heterocycles. The number of hydrogen-bond acceptors (Lipinski definition) is 5. The molecule has 1 heterocycles. The fraction of sp³-hybridized carbons (Fsp3) is 0.700. The van der Waals surface area contributed by atoms with Crippen LogP contribution in [0.4, 0.5) is 5.95 Å². The molecule has 1 unspecified atom stereocenters. The van der Waals surface area contributed by atoms with Crippen molar-refractivity contribution in [1.29, 1.82) is 0 Å². The van der Waals surface area contributed by atoms with Crippen molar-refractivity contribution in [2.45, 2.75) is 32.8 Å². The first kappa shape index (κ1) is 13.4. The van der Waals surface area contributed by atoms with Crippen LogP contribution in [-0.2, 0) is 9.53 Å². The summed E-state index contributed by atoms with van der Waals surface area (Å²) in [6.07, 6.45) is 0.557. The third-order valence-corrected chi connectivity index (χ3v) is 2.58. The molecule has 0 aliphatic rings. The quantitative estimate of drug-likeness (QED) is 0.775. The fourth-order valence-corrected chi connectivity index (χ4v) is 1.13. The van der Waals surface area contributed by atoms with Gasteiger partial charge in [0.2, 0.25) is 5.95 Å². The second-order valence-electron chi connectivity index (χ2n) is 3.64. The highest BCUT2D eigenvalue weighted by molar-refractivity contribution is 5.95. The number of H-pyrrole nitrogens is 1. The summed E-state index contributed by atoms with van der Waals surface area (Å²) < 4.78 is 10.2. The molecular weight excluding hydrogens is 224 g/mol. The number of aromatic amines is 1. The normalized spacial score (nSPS) is 14.1. The SMILES string of the molecule is CCOc1n[nH]c(NC(=O)C(C)(CC)OC)n1. The summed E-state index contributed by atoms with van der Waals surface area (Å²) >= 11 is 0. The number of carbonyl (C=O) groups is 1. The molecule has 1 aromatic heterocycles. The summed E-state index contributed by atoms with van der Waals surface area (Å²) in [6.45, 7) is 5.88. The Bertz CT molecular complexity index is 373. The van der Waals surface area contributed by atoms with Crippen LogP contribution in [0.15, 0.2) is 0 Å². The average Bonchev–Trinajstić information content (AvgIpc) is 2.76. The molecule has 1 rings (SSSR count). The molecule has 7 nitrogen and oxygen atoms in total. The number of nitrogens with zero attached hydrogens (tertiary/aromatic N) is 2. The van der Waals surface area contributed by atoms with Crippen molar-refractivity contribution in [3.05, 3.63) is 0 Å². The molecule has 0 bridgehead atoms. The minimum absolute atomic E-state index is 0.207. The number of anilines is 1. The van der Waals surface area contributed by atoms with E-state index in [2.05, 4.69) is 20.5 Å².